The van der Waals surface area contributed by atoms with Crippen LogP contribution in [0.2, 0.25) is 0 Å². The highest BCUT2D eigenvalue weighted by atomic mass is 32.1. The van der Waals surface area contributed by atoms with E-state index < -0.39 is 16.6 Å². The zero-order chi connectivity index (χ0) is 18.8. The summed E-state index contributed by atoms with van der Waals surface area (Å²) in [7, 11) is 0. The van der Waals surface area contributed by atoms with Crippen LogP contribution in [0.4, 0.5) is 20.9 Å². The number of carbonyl (C=O) groups is 1. The molecule has 2 heterocycles. The fourth-order valence-corrected chi connectivity index (χ4v) is 4.61. The molecule has 0 radical (unpaired) electrons. The molecule has 0 saturated heterocycles. The molecule has 0 aliphatic rings. The van der Waals surface area contributed by atoms with Crippen molar-refractivity contribution >= 4 is 54.6 Å². The summed E-state index contributed by atoms with van der Waals surface area (Å²) in [6.45, 7) is 5.78. The van der Waals surface area contributed by atoms with E-state index in [1.807, 2.05) is 13.8 Å². The Morgan fingerprint density at radius 3 is 2.65 bits per heavy atom. The largest absolute Gasteiger partial charge is 0.349 e. The number of aromatic nitrogens is 1. The Morgan fingerprint density at radius 1 is 1.31 bits per heavy atom. The van der Waals surface area contributed by atoms with Crippen LogP contribution in [0.1, 0.15) is 23.5 Å². The van der Waals surface area contributed by atoms with E-state index in [9.17, 15) is 19.3 Å². The molecule has 10 heteroatoms. The number of anilines is 2. The molecule has 1 amide bonds. The highest BCUT2D eigenvalue weighted by Crippen LogP contribution is 2.35. The number of hydrogen-bond acceptors (Lipinski definition) is 7. The lowest BCUT2D eigenvalue weighted by atomic mass is 10.2. The predicted octanol–water partition coefficient (Wildman–Crippen LogP) is 4.50. The van der Waals surface area contributed by atoms with Crippen LogP contribution in [0.3, 0.4) is 0 Å². The number of amides is 1. The molecule has 0 aliphatic heterocycles. The molecule has 0 atom stereocenters. The summed E-state index contributed by atoms with van der Waals surface area (Å²) in [4.78, 5) is 30.3. The van der Waals surface area contributed by atoms with Crippen molar-refractivity contribution in [2.45, 2.75) is 13.8 Å². The van der Waals surface area contributed by atoms with Gasteiger partial charge < -0.3 is 10.2 Å². The zero-order valence-corrected chi connectivity index (χ0v) is 15.6. The molecule has 0 fully saturated rings. The Kier molecular flexibility index (Phi) is 5.14. The second kappa shape index (κ2) is 7.34. The third kappa shape index (κ3) is 3.51. The molecule has 0 bridgehead atoms. The van der Waals surface area contributed by atoms with Gasteiger partial charge in [0.25, 0.3) is 11.6 Å². The summed E-state index contributed by atoms with van der Waals surface area (Å²) in [6.07, 6.45) is 0. The van der Waals surface area contributed by atoms with E-state index in [2.05, 4.69) is 15.2 Å². The van der Waals surface area contributed by atoms with Crippen molar-refractivity contribution in [3.8, 4) is 0 Å². The number of thiazole rings is 1. The fraction of sp³-hybridized carbons (Fsp3) is 0.250. The predicted molar refractivity (Wildman–Crippen MR) is 102 cm³/mol. The van der Waals surface area contributed by atoms with Gasteiger partial charge in [0.15, 0.2) is 5.13 Å². The molecular weight excluding hydrogens is 379 g/mol. The Labute approximate surface area is 156 Å². The lowest BCUT2D eigenvalue weighted by Gasteiger charge is -2.16. The van der Waals surface area contributed by atoms with Crippen molar-refractivity contribution in [2.24, 2.45) is 0 Å². The topological polar surface area (TPSA) is 88.4 Å². The van der Waals surface area contributed by atoms with Crippen molar-refractivity contribution in [2.75, 3.05) is 23.3 Å². The first-order valence-corrected chi connectivity index (χ1v) is 9.46. The van der Waals surface area contributed by atoms with Crippen molar-refractivity contribution < 1.29 is 14.1 Å². The van der Waals surface area contributed by atoms with Crippen LogP contribution >= 0.6 is 22.7 Å². The Morgan fingerprint density at radius 2 is 2.04 bits per heavy atom. The maximum atomic E-state index is 13.8. The number of thiophene rings is 1. The molecule has 3 aromatic rings. The summed E-state index contributed by atoms with van der Waals surface area (Å²) in [6, 6.07) is 4.71. The van der Waals surface area contributed by atoms with Crippen molar-refractivity contribution in [1.29, 1.82) is 0 Å². The third-order valence-corrected chi connectivity index (χ3v) is 5.96. The lowest BCUT2D eigenvalue weighted by molar-refractivity contribution is -0.384. The molecule has 7 nitrogen and oxygen atoms in total. The van der Waals surface area contributed by atoms with Gasteiger partial charge in [-0.1, -0.05) is 11.3 Å². The third-order valence-electron chi connectivity index (χ3n) is 3.74. The normalized spacial score (nSPS) is 10.9. The number of non-ortho nitro benzene ring substituents is 1. The standard InChI is InChI=1S/C16H15FN4O3S2/c1-3-20(4-2)16-19-15-13(26-16)8-12(25-15)14(22)18-11-7-9(21(23)24)5-6-10(11)17/h5-8H,3-4H2,1-2H3,(H,18,22). The van der Waals surface area contributed by atoms with Gasteiger partial charge in [0.1, 0.15) is 10.6 Å². The maximum absolute atomic E-state index is 13.8. The van der Waals surface area contributed by atoms with E-state index in [1.54, 1.807) is 6.07 Å². The highest BCUT2D eigenvalue weighted by molar-refractivity contribution is 7.29. The first kappa shape index (κ1) is 18.2. The summed E-state index contributed by atoms with van der Waals surface area (Å²) in [5.41, 5.74) is -0.517. The minimum absolute atomic E-state index is 0.224. The van der Waals surface area contributed by atoms with Crippen LogP contribution in [0.15, 0.2) is 24.3 Å². The number of nitro groups is 1. The number of nitrogens with one attached hydrogen (secondary N) is 1. The number of benzene rings is 1. The minimum atomic E-state index is -0.732. The van der Waals surface area contributed by atoms with Crippen LogP contribution in [0.5, 0.6) is 0 Å². The first-order valence-electron chi connectivity index (χ1n) is 7.83. The van der Waals surface area contributed by atoms with Gasteiger partial charge in [-0.15, -0.1) is 11.3 Å². The van der Waals surface area contributed by atoms with Crippen LogP contribution in [-0.2, 0) is 0 Å². The molecule has 2 aromatic heterocycles. The average molecular weight is 394 g/mol. The molecule has 3 rings (SSSR count). The molecule has 0 unspecified atom stereocenters. The van der Waals surface area contributed by atoms with E-state index >= 15 is 0 Å². The molecular formula is C16H15FN4O3S2. The smallest absolute Gasteiger partial charge is 0.271 e. The second-order valence-electron chi connectivity index (χ2n) is 5.32. The number of fused-ring (bicyclic) bond motifs is 1. The number of nitrogens with zero attached hydrogens (tertiary/aromatic N) is 3. The fourth-order valence-electron chi connectivity index (χ4n) is 2.37. The summed E-state index contributed by atoms with van der Waals surface area (Å²) in [5, 5.41) is 14.1. The quantitative estimate of drug-likeness (QED) is 0.491. The molecule has 0 aliphatic carbocycles. The van der Waals surface area contributed by atoms with Gasteiger partial charge in [-0.2, -0.15) is 0 Å². The SMILES string of the molecule is CCN(CC)c1nc2sc(C(=O)Nc3cc([N+](=O)[O-])ccc3F)cc2s1. The lowest BCUT2D eigenvalue weighted by Crippen LogP contribution is -2.21. The second-order valence-corrected chi connectivity index (χ2v) is 7.36. The highest BCUT2D eigenvalue weighted by Gasteiger charge is 2.18. The van der Waals surface area contributed by atoms with Crippen LogP contribution in [-0.4, -0.2) is 28.9 Å². The number of hydrogen-bond donors (Lipinski definition) is 1. The summed E-state index contributed by atoms with van der Waals surface area (Å²) in [5.74, 6) is -1.26. The molecule has 1 aromatic carbocycles. The number of halogens is 1. The summed E-state index contributed by atoms with van der Waals surface area (Å²) < 4.78 is 14.7. The van der Waals surface area contributed by atoms with E-state index in [1.165, 1.54) is 22.7 Å². The average Bonchev–Trinajstić information content (AvgIpc) is 3.17. The van der Waals surface area contributed by atoms with Gasteiger partial charge in [-0.25, -0.2) is 9.37 Å². The van der Waals surface area contributed by atoms with Gasteiger partial charge in [-0.05, 0) is 26.0 Å². The number of carbonyl (C=O) groups excluding carboxylic acids is 1. The summed E-state index contributed by atoms with van der Waals surface area (Å²) >= 11 is 2.69. The van der Waals surface area contributed by atoms with E-state index in [4.69, 9.17) is 0 Å². The van der Waals surface area contributed by atoms with Gasteiger partial charge in [0.05, 0.1) is 20.2 Å². The van der Waals surface area contributed by atoms with Crippen molar-refractivity contribution in [3.63, 3.8) is 0 Å². The Bertz CT molecular complexity index is 950. The van der Waals surface area contributed by atoms with Crippen LogP contribution < -0.4 is 10.2 Å². The first-order chi connectivity index (χ1) is 12.4. The van der Waals surface area contributed by atoms with E-state index in [0.29, 0.717) is 4.88 Å². The zero-order valence-electron chi connectivity index (χ0n) is 14.0. The van der Waals surface area contributed by atoms with Gasteiger partial charge in [0.2, 0.25) is 0 Å². The van der Waals surface area contributed by atoms with E-state index in [0.717, 1.165) is 46.0 Å². The molecule has 136 valence electrons. The minimum Gasteiger partial charge on any atom is -0.349 e. The van der Waals surface area contributed by atoms with Crippen LogP contribution in [0, 0.1) is 15.9 Å². The molecule has 26 heavy (non-hydrogen) atoms. The maximum Gasteiger partial charge on any atom is 0.271 e. The van der Waals surface area contributed by atoms with Gasteiger partial charge in [-0.3, -0.25) is 14.9 Å². The molecule has 0 spiro atoms. The van der Waals surface area contributed by atoms with Crippen molar-refractivity contribution in [1.82, 2.24) is 4.98 Å². The number of rotatable bonds is 6. The van der Waals surface area contributed by atoms with E-state index in [-0.39, 0.29) is 11.4 Å². The molecule has 1 N–H and O–H groups in total. The molecule has 0 saturated carbocycles. The van der Waals surface area contributed by atoms with Crippen molar-refractivity contribution in [3.05, 3.63) is 45.1 Å². The van der Waals surface area contributed by atoms with Gasteiger partial charge >= 0.3 is 0 Å². The number of nitro benzene ring substituents is 1. The van der Waals surface area contributed by atoms with Gasteiger partial charge in [0, 0.05) is 25.2 Å². The van der Waals surface area contributed by atoms with Crippen LogP contribution in [0.25, 0.3) is 9.53 Å². The monoisotopic (exact) mass is 394 g/mol. The Hall–Kier alpha value is -2.59. The Balaban J connectivity index is 1.83.